The largest absolute Gasteiger partial charge is 0.363 e. The van der Waals surface area contributed by atoms with E-state index in [1.165, 1.54) is 0 Å². The van der Waals surface area contributed by atoms with Gasteiger partial charge in [-0.25, -0.2) is 0 Å². The molecule has 0 aliphatic carbocycles. The number of hydrogen-bond acceptors (Lipinski definition) is 4. The molecule has 1 saturated heterocycles. The molecule has 1 unspecified atom stereocenters. The molecule has 0 radical (unpaired) electrons. The highest BCUT2D eigenvalue weighted by atomic mass is 32.2. The Morgan fingerprint density at radius 1 is 1.67 bits per heavy atom. The summed E-state index contributed by atoms with van der Waals surface area (Å²) in [5.74, 6) is 0.912. The molecule has 1 rings (SSSR count). The fourth-order valence-corrected chi connectivity index (χ4v) is 2.01. The Labute approximate surface area is 95.5 Å². The van der Waals surface area contributed by atoms with E-state index in [4.69, 9.17) is 4.74 Å². The Kier molecular flexibility index (Phi) is 4.89. The summed E-state index contributed by atoms with van der Waals surface area (Å²) in [7, 11) is 0. The summed E-state index contributed by atoms with van der Waals surface area (Å²) in [6.45, 7) is 5.85. The van der Waals surface area contributed by atoms with E-state index in [2.05, 4.69) is 10.6 Å². The number of carbonyl (C=O) groups excluding carboxylic acids is 1. The third kappa shape index (κ3) is 4.40. The summed E-state index contributed by atoms with van der Waals surface area (Å²) < 4.78 is 5.52. The number of ether oxygens (including phenoxy) is 1. The first-order valence-electron chi connectivity index (χ1n) is 5.19. The second kappa shape index (κ2) is 5.72. The fraction of sp³-hybridized carbons (Fsp3) is 0.900. The van der Waals surface area contributed by atoms with Gasteiger partial charge in [-0.3, -0.25) is 4.79 Å². The minimum atomic E-state index is -0.139. The van der Waals surface area contributed by atoms with Crippen LogP contribution in [0.15, 0.2) is 0 Å². The molecule has 5 heteroatoms. The first-order valence-corrected chi connectivity index (χ1v) is 6.58. The minimum absolute atomic E-state index is 0.0234. The maximum absolute atomic E-state index is 11.4. The van der Waals surface area contributed by atoms with Gasteiger partial charge in [0.2, 0.25) is 5.91 Å². The minimum Gasteiger partial charge on any atom is -0.363 e. The van der Waals surface area contributed by atoms with Crippen LogP contribution in [0.1, 0.15) is 13.8 Å². The molecule has 1 aliphatic heterocycles. The second-order valence-corrected chi connectivity index (χ2v) is 5.18. The van der Waals surface area contributed by atoms with E-state index < -0.39 is 0 Å². The SMILES string of the molecule is CSCC(C)NC(=O)COC1(C)CNC1. The zero-order valence-electron chi connectivity index (χ0n) is 9.63. The van der Waals surface area contributed by atoms with Crippen LogP contribution in [0.3, 0.4) is 0 Å². The summed E-state index contributed by atoms with van der Waals surface area (Å²) in [5, 5.41) is 6.02. The molecule has 1 amide bonds. The van der Waals surface area contributed by atoms with E-state index in [1.807, 2.05) is 20.1 Å². The molecule has 1 aliphatic rings. The molecule has 1 heterocycles. The topological polar surface area (TPSA) is 50.4 Å². The molecular formula is C10H20N2O2S. The Morgan fingerprint density at radius 2 is 2.33 bits per heavy atom. The van der Waals surface area contributed by atoms with E-state index in [1.54, 1.807) is 11.8 Å². The van der Waals surface area contributed by atoms with Crippen LogP contribution in [-0.4, -0.2) is 49.3 Å². The van der Waals surface area contributed by atoms with E-state index in [0.717, 1.165) is 18.8 Å². The van der Waals surface area contributed by atoms with Crippen molar-refractivity contribution in [2.45, 2.75) is 25.5 Å². The van der Waals surface area contributed by atoms with E-state index in [9.17, 15) is 4.79 Å². The predicted octanol–water partition coefficient (Wildman–Crippen LogP) is 0.233. The number of nitrogens with one attached hydrogen (secondary N) is 2. The van der Waals surface area contributed by atoms with Gasteiger partial charge in [0.1, 0.15) is 6.61 Å². The summed E-state index contributed by atoms with van der Waals surface area (Å²) >= 11 is 1.73. The van der Waals surface area contributed by atoms with Crippen molar-refractivity contribution >= 4 is 17.7 Å². The lowest BCUT2D eigenvalue weighted by atomic mass is 10.0. The van der Waals surface area contributed by atoms with Gasteiger partial charge in [-0.05, 0) is 20.1 Å². The second-order valence-electron chi connectivity index (χ2n) is 4.27. The van der Waals surface area contributed by atoms with Crippen LogP contribution in [0.2, 0.25) is 0 Å². The summed E-state index contributed by atoms with van der Waals surface area (Å²) in [5.41, 5.74) is -0.139. The normalized spacial score (nSPS) is 20.5. The maximum Gasteiger partial charge on any atom is 0.246 e. The summed E-state index contributed by atoms with van der Waals surface area (Å²) in [6, 6.07) is 0.212. The lowest BCUT2D eigenvalue weighted by Crippen LogP contribution is -2.59. The molecular weight excluding hydrogens is 212 g/mol. The molecule has 0 aromatic heterocycles. The van der Waals surface area contributed by atoms with Crippen molar-refractivity contribution < 1.29 is 9.53 Å². The Morgan fingerprint density at radius 3 is 2.80 bits per heavy atom. The predicted molar refractivity (Wildman–Crippen MR) is 63.2 cm³/mol. The van der Waals surface area contributed by atoms with Crippen molar-refractivity contribution in [3.8, 4) is 0 Å². The molecule has 0 saturated carbocycles. The number of hydrogen-bond donors (Lipinski definition) is 2. The highest BCUT2D eigenvalue weighted by Crippen LogP contribution is 2.14. The first kappa shape index (κ1) is 12.8. The Bertz CT molecular complexity index is 219. The van der Waals surface area contributed by atoms with Gasteiger partial charge in [-0.1, -0.05) is 0 Å². The lowest BCUT2D eigenvalue weighted by Gasteiger charge is -2.38. The first-order chi connectivity index (χ1) is 7.06. The van der Waals surface area contributed by atoms with Gasteiger partial charge in [0, 0.05) is 24.9 Å². The van der Waals surface area contributed by atoms with E-state index in [0.29, 0.717) is 0 Å². The summed E-state index contributed by atoms with van der Waals surface area (Å²) in [6.07, 6.45) is 2.03. The lowest BCUT2D eigenvalue weighted by molar-refractivity contribution is -0.136. The number of carbonyl (C=O) groups is 1. The molecule has 0 bridgehead atoms. The quantitative estimate of drug-likeness (QED) is 0.688. The highest BCUT2D eigenvalue weighted by Gasteiger charge is 2.33. The van der Waals surface area contributed by atoms with Crippen LogP contribution in [-0.2, 0) is 9.53 Å². The average molecular weight is 232 g/mol. The third-order valence-electron chi connectivity index (χ3n) is 2.37. The van der Waals surface area contributed by atoms with Gasteiger partial charge < -0.3 is 15.4 Å². The van der Waals surface area contributed by atoms with Crippen LogP contribution in [0.5, 0.6) is 0 Å². The van der Waals surface area contributed by atoms with Crippen LogP contribution < -0.4 is 10.6 Å². The van der Waals surface area contributed by atoms with E-state index >= 15 is 0 Å². The molecule has 2 N–H and O–H groups in total. The van der Waals surface area contributed by atoms with Crippen molar-refractivity contribution in [1.29, 1.82) is 0 Å². The van der Waals surface area contributed by atoms with Crippen LogP contribution in [0.4, 0.5) is 0 Å². The molecule has 1 atom stereocenters. The molecule has 15 heavy (non-hydrogen) atoms. The van der Waals surface area contributed by atoms with Crippen molar-refractivity contribution in [2.75, 3.05) is 31.7 Å². The van der Waals surface area contributed by atoms with Crippen LogP contribution in [0, 0.1) is 0 Å². The van der Waals surface area contributed by atoms with Gasteiger partial charge in [-0.15, -0.1) is 0 Å². The average Bonchev–Trinajstić information content (AvgIpc) is 2.12. The van der Waals surface area contributed by atoms with Crippen molar-refractivity contribution in [3.05, 3.63) is 0 Å². The maximum atomic E-state index is 11.4. The molecule has 0 aromatic rings. The van der Waals surface area contributed by atoms with Crippen molar-refractivity contribution in [3.63, 3.8) is 0 Å². The van der Waals surface area contributed by atoms with Gasteiger partial charge in [0.25, 0.3) is 0 Å². The number of thioether (sulfide) groups is 1. The highest BCUT2D eigenvalue weighted by molar-refractivity contribution is 7.98. The molecule has 1 fully saturated rings. The van der Waals surface area contributed by atoms with Gasteiger partial charge in [0.15, 0.2) is 0 Å². The standard InChI is InChI=1S/C10H20N2O2S/c1-8(5-15-3)12-9(13)4-14-10(2)6-11-7-10/h8,11H,4-7H2,1-3H3,(H,12,13). The number of amides is 1. The fourth-order valence-electron chi connectivity index (χ4n) is 1.43. The summed E-state index contributed by atoms with van der Waals surface area (Å²) in [4.78, 5) is 11.4. The Balaban J connectivity index is 2.13. The van der Waals surface area contributed by atoms with Crippen LogP contribution in [0.25, 0.3) is 0 Å². The monoisotopic (exact) mass is 232 g/mol. The molecule has 4 nitrogen and oxygen atoms in total. The zero-order valence-corrected chi connectivity index (χ0v) is 10.4. The third-order valence-corrected chi connectivity index (χ3v) is 3.21. The molecule has 0 aromatic carbocycles. The van der Waals surface area contributed by atoms with Crippen LogP contribution >= 0.6 is 11.8 Å². The molecule has 88 valence electrons. The van der Waals surface area contributed by atoms with Crippen molar-refractivity contribution in [2.24, 2.45) is 0 Å². The van der Waals surface area contributed by atoms with Gasteiger partial charge in [-0.2, -0.15) is 11.8 Å². The zero-order chi connectivity index (χ0) is 11.3. The van der Waals surface area contributed by atoms with E-state index in [-0.39, 0.29) is 24.2 Å². The smallest absolute Gasteiger partial charge is 0.246 e. The number of rotatable bonds is 6. The van der Waals surface area contributed by atoms with Gasteiger partial charge >= 0.3 is 0 Å². The van der Waals surface area contributed by atoms with Crippen molar-refractivity contribution in [1.82, 2.24) is 10.6 Å². The Hall–Kier alpha value is -0.260. The molecule has 0 spiro atoms. The van der Waals surface area contributed by atoms with Gasteiger partial charge in [0.05, 0.1) is 5.60 Å².